The van der Waals surface area contributed by atoms with Gasteiger partial charge in [-0.2, -0.15) is 18.2 Å². The molecule has 0 radical (unpaired) electrons. The molecular formula is C21H21F3N4O3. The Labute approximate surface area is 175 Å². The van der Waals surface area contributed by atoms with E-state index in [0.717, 1.165) is 29.9 Å². The summed E-state index contributed by atoms with van der Waals surface area (Å²) in [6.45, 7) is 3.26. The Morgan fingerprint density at radius 3 is 2.71 bits per heavy atom. The van der Waals surface area contributed by atoms with Crippen LogP contribution in [0.5, 0.6) is 5.75 Å². The third-order valence-electron chi connectivity index (χ3n) is 6.26. The van der Waals surface area contributed by atoms with Gasteiger partial charge in [0.15, 0.2) is 0 Å². The van der Waals surface area contributed by atoms with Crippen molar-refractivity contribution in [3.8, 4) is 5.75 Å². The third-order valence-corrected chi connectivity index (χ3v) is 6.26. The standard InChI is InChI=1S/C21H21F3N4O3/c1-11-18-19(25-10-26-20(18)31-27-11)28-8-12-5-16(29)17(6-13(12)9-28)30-15-4-2-3-14(7-15)21(22,23)24/h2-4,7,10,12-13,16-17,29H,5-6,8-9H2,1H3/t12-,13+,16+,17+/m0/s1. The number of nitrogens with zero attached hydrogens (tertiary/aromatic N) is 4. The average molecular weight is 434 g/mol. The molecule has 2 aliphatic rings. The number of aromatic nitrogens is 3. The lowest BCUT2D eigenvalue weighted by molar-refractivity contribution is -0.137. The molecular weight excluding hydrogens is 413 g/mol. The average Bonchev–Trinajstić information content (AvgIpc) is 3.31. The first kappa shape index (κ1) is 20.0. The van der Waals surface area contributed by atoms with E-state index in [1.54, 1.807) is 0 Å². The first-order chi connectivity index (χ1) is 14.8. The summed E-state index contributed by atoms with van der Waals surface area (Å²) in [5, 5.41) is 15.4. The Morgan fingerprint density at radius 1 is 1.16 bits per heavy atom. The fourth-order valence-corrected chi connectivity index (χ4v) is 4.75. The molecule has 2 fully saturated rings. The number of alkyl halides is 3. The molecule has 4 atom stereocenters. The van der Waals surface area contributed by atoms with Crippen molar-refractivity contribution in [2.24, 2.45) is 11.8 Å². The summed E-state index contributed by atoms with van der Waals surface area (Å²) in [6, 6.07) is 4.78. The lowest BCUT2D eigenvalue weighted by Crippen LogP contribution is -2.42. The number of halogens is 3. The van der Waals surface area contributed by atoms with Gasteiger partial charge in [-0.1, -0.05) is 11.2 Å². The molecule has 0 unspecified atom stereocenters. The van der Waals surface area contributed by atoms with Crippen LogP contribution in [0.15, 0.2) is 35.1 Å². The van der Waals surface area contributed by atoms with E-state index < -0.39 is 23.9 Å². The van der Waals surface area contributed by atoms with Crippen molar-refractivity contribution in [2.75, 3.05) is 18.0 Å². The Balaban J connectivity index is 1.33. The van der Waals surface area contributed by atoms with Gasteiger partial charge in [-0.25, -0.2) is 4.98 Å². The molecule has 0 spiro atoms. The highest BCUT2D eigenvalue weighted by molar-refractivity contribution is 5.88. The first-order valence-electron chi connectivity index (χ1n) is 10.1. The van der Waals surface area contributed by atoms with E-state index in [1.165, 1.54) is 18.5 Å². The van der Waals surface area contributed by atoms with Gasteiger partial charge < -0.3 is 19.3 Å². The van der Waals surface area contributed by atoms with Gasteiger partial charge in [0, 0.05) is 13.1 Å². The van der Waals surface area contributed by atoms with Crippen molar-refractivity contribution in [3.05, 3.63) is 41.9 Å². The quantitative estimate of drug-likeness (QED) is 0.674. The molecule has 0 bridgehead atoms. The van der Waals surface area contributed by atoms with Gasteiger partial charge in [0.25, 0.3) is 5.71 Å². The number of hydrogen-bond donors (Lipinski definition) is 1. The van der Waals surface area contributed by atoms with E-state index in [1.807, 2.05) is 6.92 Å². The summed E-state index contributed by atoms with van der Waals surface area (Å²) in [5.74, 6) is 1.33. The van der Waals surface area contributed by atoms with Gasteiger partial charge in [0.1, 0.15) is 29.4 Å². The van der Waals surface area contributed by atoms with Crippen LogP contribution in [0.3, 0.4) is 0 Å². The zero-order chi connectivity index (χ0) is 21.8. The number of aryl methyl sites for hydroxylation is 1. The minimum Gasteiger partial charge on any atom is -0.488 e. The second kappa shape index (κ2) is 7.37. The second-order valence-corrected chi connectivity index (χ2v) is 8.29. The Bertz CT molecular complexity index is 1100. The predicted octanol–water partition coefficient (Wildman–Crippen LogP) is 3.60. The summed E-state index contributed by atoms with van der Waals surface area (Å²) < 4.78 is 50.0. The summed E-state index contributed by atoms with van der Waals surface area (Å²) in [5.41, 5.74) is 0.381. The van der Waals surface area contributed by atoms with Crippen molar-refractivity contribution in [2.45, 2.75) is 38.1 Å². The highest BCUT2D eigenvalue weighted by Gasteiger charge is 2.43. The van der Waals surface area contributed by atoms with Gasteiger partial charge in [0.05, 0.1) is 17.4 Å². The molecule has 1 aromatic carbocycles. The molecule has 31 heavy (non-hydrogen) atoms. The third kappa shape index (κ3) is 3.69. The molecule has 1 saturated heterocycles. The fraction of sp³-hybridized carbons (Fsp3) is 0.476. The SMILES string of the molecule is Cc1noc2ncnc(N3C[C@H]4C[C@@H](Oc5cccc(C(F)(F)F)c5)[C@H](O)C[C@H]4C3)c12. The lowest BCUT2D eigenvalue weighted by atomic mass is 9.78. The van der Waals surface area contributed by atoms with Gasteiger partial charge in [-0.15, -0.1) is 0 Å². The predicted molar refractivity (Wildman–Crippen MR) is 105 cm³/mol. The van der Waals surface area contributed by atoms with Crippen LogP contribution in [0.4, 0.5) is 19.0 Å². The Hall–Kier alpha value is -2.88. The van der Waals surface area contributed by atoms with Crippen molar-refractivity contribution in [1.29, 1.82) is 0 Å². The Morgan fingerprint density at radius 2 is 1.94 bits per heavy atom. The van der Waals surface area contributed by atoms with Gasteiger partial charge in [-0.05, 0) is 49.8 Å². The fourth-order valence-electron chi connectivity index (χ4n) is 4.75. The topological polar surface area (TPSA) is 84.5 Å². The number of ether oxygens (including phenoxy) is 1. The van der Waals surface area contributed by atoms with Gasteiger partial charge in [-0.3, -0.25) is 0 Å². The maximum atomic E-state index is 13.0. The van der Waals surface area contributed by atoms with Crippen LogP contribution in [0, 0.1) is 18.8 Å². The monoisotopic (exact) mass is 434 g/mol. The molecule has 10 heteroatoms. The summed E-state index contributed by atoms with van der Waals surface area (Å²) in [6.07, 6.45) is -3.24. The van der Waals surface area contributed by atoms with Gasteiger partial charge >= 0.3 is 6.18 Å². The number of aliphatic hydroxyl groups is 1. The number of fused-ring (bicyclic) bond motifs is 2. The molecule has 2 aromatic heterocycles. The van der Waals surface area contributed by atoms with E-state index in [0.29, 0.717) is 30.8 Å². The van der Waals surface area contributed by atoms with Crippen molar-refractivity contribution < 1.29 is 27.5 Å². The van der Waals surface area contributed by atoms with Crippen molar-refractivity contribution >= 4 is 16.9 Å². The van der Waals surface area contributed by atoms with Crippen LogP contribution in [0.2, 0.25) is 0 Å². The maximum Gasteiger partial charge on any atom is 0.416 e. The molecule has 1 aliphatic heterocycles. The van der Waals surface area contributed by atoms with Crippen LogP contribution < -0.4 is 9.64 Å². The highest BCUT2D eigenvalue weighted by atomic mass is 19.4. The molecule has 0 amide bonds. The van der Waals surface area contributed by atoms with Crippen LogP contribution in [0.1, 0.15) is 24.1 Å². The molecule has 164 valence electrons. The molecule has 3 aromatic rings. The molecule has 7 nitrogen and oxygen atoms in total. The molecule has 1 N–H and O–H groups in total. The number of aliphatic hydroxyl groups excluding tert-OH is 1. The highest BCUT2D eigenvalue weighted by Crippen LogP contribution is 2.41. The van der Waals surface area contributed by atoms with Gasteiger partial charge in [0.2, 0.25) is 0 Å². The second-order valence-electron chi connectivity index (χ2n) is 8.29. The zero-order valence-corrected chi connectivity index (χ0v) is 16.7. The van der Waals surface area contributed by atoms with E-state index >= 15 is 0 Å². The van der Waals surface area contributed by atoms with Crippen molar-refractivity contribution in [3.63, 3.8) is 0 Å². The largest absolute Gasteiger partial charge is 0.488 e. The number of rotatable bonds is 3. The summed E-state index contributed by atoms with van der Waals surface area (Å²) in [7, 11) is 0. The van der Waals surface area contributed by atoms with E-state index in [2.05, 4.69) is 20.0 Å². The van der Waals surface area contributed by atoms with E-state index in [9.17, 15) is 18.3 Å². The van der Waals surface area contributed by atoms with Crippen LogP contribution in [-0.2, 0) is 6.18 Å². The maximum absolute atomic E-state index is 13.0. The molecule has 3 heterocycles. The van der Waals surface area contributed by atoms with Crippen molar-refractivity contribution in [1.82, 2.24) is 15.1 Å². The number of benzene rings is 1. The molecule has 5 rings (SSSR count). The summed E-state index contributed by atoms with van der Waals surface area (Å²) >= 11 is 0. The van der Waals surface area contributed by atoms with E-state index in [-0.39, 0.29) is 17.6 Å². The minimum absolute atomic E-state index is 0.116. The van der Waals surface area contributed by atoms with E-state index in [4.69, 9.17) is 9.26 Å². The summed E-state index contributed by atoms with van der Waals surface area (Å²) in [4.78, 5) is 10.7. The number of hydrogen-bond acceptors (Lipinski definition) is 7. The smallest absolute Gasteiger partial charge is 0.416 e. The first-order valence-corrected chi connectivity index (χ1v) is 10.1. The van der Waals surface area contributed by atoms with Crippen LogP contribution in [-0.4, -0.2) is 45.5 Å². The molecule has 1 saturated carbocycles. The normalized spacial score (nSPS) is 26.3. The number of anilines is 1. The Kier molecular flexibility index (Phi) is 4.76. The lowest BCUT2D eigenvalue weighted by Gasteiger charge is -2.35. The molecule has 1 aliphatic carbocycles. The minimum atomic E-state index is -4.44. The van der Waals surface area contributed by atoms with Crippen LogP contribution in [0.25, 0.3) is 11.1 Å². The zero-order valence-electron chi connectivity index (χ0n) is 16.7. The van der Waals surface area contributed by atoms with Crippen LogP contribution >= 0.6 is 0 Å².